The van der Waals surface area contributed by atoms with E-state index in [0.29, 0.717) is 5.69 Å². The van der Waals surface area contributed by atoms with Crippen molar-refractivity contribution < 1.29 is 24.3 Å². The lowest BCUT2D eigenvalue weighted by Crippen LogP contribution is -2.56. The lowest BCUT2D eigenvalue weighted by Gasteiger charge is -2.23. The van der Waals surface area contributed by atoms with Crippen molar-refractivity contribution in [3.63, 3.8) is 0 Å². The van der Waals surface area contributed by atoms with Crippen LogP contribution in [0.5, 0.6) is 0 Å². The van der Waals surface area contributed by atoms with Gasteiger partial charge in [0.05, 0.1) is 12.4 Å². The number of hydrogen-bond donors (Lipinski definition) is 6. The summed E-state index contributed by atoms with van der Waals surface area (Å²) in [6.45, 7) is 6.60. The molecule has 0 bridgehead atoms. The third-order valence-electron chi connectivity index (χ3n) is 4.10. The fourth-order valence-corrected chi connectivity index (χ4v) is 2.50. The van der Waals surface area contributed by atoms with Crippen LogP contribution in [-0.4, -0.2) is 62.9 Å². The molecule has 11 heteroatoms. The third kappa shape index (κ3) is 8.30. The number of imidazole rings is 1. The maximum Gasteiger partial charge on any atom is 0.326 e. The van der Waals surface area contributed by atoms with Gasteiger partial charge in [0.25, 0.3) is 0 Å². The van der Waals surface area contributed by atoms with Crippen molar-refractivity contribution in [2.45, 2.75) is 64.7 Å². The molecule has 0 aliphatic heterocycles. The average molecular weight is 410 g/mol. The number of nitrogens with two attached hydrogens (primary N) is 1. The molecule has 0 fully saturated rings. The number of hydrogen-bond acceptors (Lipinski definition) is 6. The van der Waals surface area contributed by atoms with Crippen LogP contribution in [0.2, 0.25) is 0 Å². The number of carboxylic acids is 1. The lowest BCUT2D eigenvalue weighted by atomic mass is 10.0. The molecule has 29 heavy (non-hydrogen) atoms. The van der Waals surface area contributed by atoms with Gasteiger partial charge < -0.3 is 31.8 Å². The van der Waals surface area contributed by atoms with Crippen molar-refractivity contribution >= 4 is 23.7 Å². The molecule has 0 aliphatic rings. The molecule has 0 spiro atoms. The Morgan fingerprint density at radius 1 is 1.03 bits per heavy atom. The Morgan fingerprint density at radius 2 is 1.66 bits per heavy atom. The van der Waals surface area contributed by atoms with Crippen molar-refractivity contribution in [3.8, 4) is 0 Å². The van der Waals surface area contributed by atoms with Crippen LogP contribution in [0.25, 0.3) is 0 Å². The van der Waals surface area contributed by atoms with Gasteiger partial charge in [0.1, 0.15) is 18.1 Å². The van der Waals surface area contributed by atoms with E-state index in [-0.39, 0.29) is 18.8 Å². The first-order valence-electron chi connectivity index (χ1n) is 9.38. The van der Waals surface area contributed by atoms with Gasteiger partial charge in [0, 0.05) is 18.3 Å². The van der Waals surface area contributed by atoms with E-state index < -0.39 is 47.9 Å². The minimum Gasteiger partial charge on any atom is -0.480 e. The number of nitrogens with zero attached hydrogens (tertiary/aromatic N) is 1. The highest BCUT2D eigenvalue weighted by Gasteiger charge is 2.28. The van der Waals surface area contributed by atoms with E-state index in [9.17, 15) is 24.3 Å². The Morgan fingerprint density at radius 3 is 2.14 bits per heavy atom. The summed E-state index contributed by atoms with van der Waals surface area (Å²) in [5.41, 5.74) is 6.15. The number of carbonyl (C=O) groups is 4. The molecular formula is C18H30N6O5. The van der Waals surface area contributed by atoms with Gasteiger partial charge in [0.2, 0.25) is 17.7 Å². The first-order chi connectivity index (χ1) is 13.5. The lowest BCUT2D eigenvalue weighted by molar-refractivity contribution is -0.142. The fourth-order valence-electron chi connectivity index (χ4n) is 2.50. The Hall–Kier alpha value is -2.95. The van der Waals surface area contributed by atoms with Crippen molar-refractivity contribution in [1.82, 2.24) is 25.9 Å². The van der Waals surface area contributed by atoms with Gasteiger partial charge in [-0.2, -0.15) is 0 Å². The number of aliphatic carboxylic acids is 1. The topological polar surface area (TPSA) is 179 Å². The van der Waals surface area contributed by atoms with Gasteiger partial charge in [-0.15, -0.1) is 0 Å². The molecule has 1 rings (SSSR count). The first kappa shape index (κ1) is 24.1. The fraction of sp³-hybridized carbons (Fsp3) is 0.611. The van der Waals surface area contributed by atoms with E-state index in [1.165, 1.54) is 26.4 Å². The van der Waals surface area contributed by atoms with Crippen molar-refractivity contribution in [2.75, 3.05) is 0 Å². The van der Waals surface area contributed by atoms with E-state index in [1.54, 1.807) is 0 Å². The molecule has 11 nitrogen and oxygen atoms in total. The molecule has 1 heterocycles. The van der Waals surface area contributed by atoms with Gasteiger partial charge >= 0.3 is 5.97 Å². The predicted molar refractivity (Wildman–Crippen MR) is 104 cm³/mol. The van der Waals surface area contributed by atoms with Crippen LogP contribution in [0.15, 0.2) is 12.5 Å². The Labute approximate surface area is 169 Å². The SMILES string of the molecule is CC(C)CC(NC(=O)C(C)NC(=O)C(Cc1cnc[nH]1)NC(=O)C(C)N)C(=O)O. The van der Waals surface area contributed by atoms with Crippen LogP contribution in [0, 0.1) is 5.92 Å². The summed E-state index contributed by atoms with van der Waals surface area (Å²) in [4.78, 5) is 54.9. The normalized spacial score (nSPS) is 15.1. The third-order valence-corrected chi connectivity index (χ3v) is 4.10. The van der Waals surface area contributed by atoms with Gasteiger partial charge in [-0.05, 0) is 26.2 Å². The second-order valence-electron chi connectivity index (χ2n) is 7.39. The highest BCUT2D eigenvalue weighted by atomic mass is 16.4. The minimum absolute atomic E-state index is 0.0635. The zero-order chi connectivity index (χ0) is 22.1. The molecule has 0 aromatic carbocycles. The number of carbonyl (C=O) groups excluding carboxylic acids is 3. The molecular weight excluding hydrogens is 380 g/mol. The van der Waals surface area contributed by atoms with Gasteiger partial charge in [-0.3, -0.25) is 14.4 Å². The molecule has 1 aromatic heterocycles. The standard InChI is InChI=1S/C18H30N6O5/c1-9(2)5-14(18(28)29)24-16(26)11(4)22-17(27)13(23-15(25)10(3)19)6-12-7-20-8-21-12/h7-11,13-14H,5-6,19H2,1-4H3,(H,20,21)(H,22,27)(H,23,25)(H,24,26)(H,28,29). The Bertz CT molecular complexity index is 704. The summed E-state index contributed by atoms with van der Waals surface area (Å²) in [6.07, 6.45) is 3.32. The van der Waals surface area contributed by atoms with Crippen LogP contribution in [0.4, 0.5) is 0 Å². The van der Waals surface area contributed by atoms with Crippen LogP contribution < -0.4 is 21.7 Å². The zero-order valence-corrected chi connectivity index (χ0v) is 17.1. The van der Waals surface area contributed by atoms with Crippen LogP contribution in [0.1, 0.15) is 39.8 Å². The molecule has 0 saturated heterocycles. The van der Waals surface area contributed by atoms with Crippen molar-refractivity contribution in [1.29, 1.82) is 0 Å². The van der Waals surface area contributed by atoms with E-state index in [4.69, 9.17) is 5.73 Å². The average Bonchev–Trinajstić information content (AvgIpc) is 3.12. The summed E-state index contributed by atoms with van der Waals surface area (Å²) < 4.78 is 0. The summed E-state index contributed by atoms with van der Waals surface area (Å²) in [7, 11) is 0. The minimum atomic E-state index is -1.15. The van der Waals surface area contributed by atoms with Crippen molar-refractivity contribution in [2.24, 2.45) is 11.7 Å². The second kappa shape index (κ2) is 11.1. The highest BCUT2D eigenvalue weighted by Crippen LogP contribution is 2.06. The molecule has 162 valence electrons. The number of amides is 3. The number of aromatic nitrogens is 2. The molecule has 4 atom stereocenters. The second-order valence-corrected chi connectivity index (χ2v) is 7.39. The molecule has 0 aliphatic carbocycles. The molecule has 0 radical (unpaired) electrons. The Kier molecular flexibility index (Phi) is 9.26. The van der Waals surface area contributed by atoms with Crippen LogP contribution in [0.3, 0.4) is 0 Å². The van der Waals surface area contributed by atoms with Gasteiger partial charge in [-0.1, -0.05) is 13.8 Å². The van der Waals surface area contributed by atoms with E-state index in [2.05, 4.69) is 25.9 Å². The van der Waals surface area contributed by atoms with Crippen LogP contribution in [-0.2, 0) is 25.6 Å². The van der Waals surface area contributed by atoms with Gasteiger partial charge in [0.15, 0.2) is 0 Å². The molecule has 0 saturated carbocycles. The molecule has 1 aromatic rings. The quantitative estimate of drug-likeness (QED) is 0.268. The van der Waals surface area contributed by atoms with E-state index >= 15 is 0 Å². The first-order valence-corrected chi connectivity index (χ1v) is 9.38. The zero-order valence-electron chi connectivity index (χ0n) is 17.1. The smallest absolute Gasteiger partial charge is 0.326 e. The predicted octanol–water partition coefficient (Wildman–Crippen LogP) is -1.10. The maximum absolute atomic E-state index is 12.6. The summed E-state index contributed by atoms with van der Waals surface area (Å²) >= 11 is 0. The molecule has 3 amide bonds. The molecule has 4 unspecified atom stereocenters. The largest absolute Gasteiger partial charge is 0.480 e. The summed E-state index contributed by atoms with van der Waals surface area (Å²) in [5.74, 6) is -2.85. The maximum atomic E-state index is 12.6. The van der Waals surface area contributed by atoms with E-state index in [1.807, 2.05) is 13.8 Å². The monoisotopic (exact) mass is 410 g/mol. The number of nitrogens with one attached hydrogen (secondary N) is 4. The highest BCUT2D eigenvalue weighted by molar-refractivity contribution is 5.93. The Balaban J connectivity index is 2.78. The van der Waals surface area contributed by atoms with Gasteiger partial charge in [-0.25, -0.2) is 9.78 Å². The number of aromatic amines is 1. The summed E-state index contributed by atoms with van der Waals surface area (Å²) in [6, 6.07) is -3.87. The number of rotatable bonds is 11. The van der Waals surface area contributed by atoms with Crippen molar-refractivity contribution in [3.05, 3.63) is 18.2 Å². The van der Waals surface area contributed by atoms with Crippen LogP contribution >= 0.6 is 0 Å². The molecule has 7 N–H and O–H groups in total. The van der Waals surface area contributed by atoms with E-state index in [0.717, 1.165) is 0 Å². The number of carboxylic acid groups (broad SMARTS) is 1. The number of H-pyrrole nitrogens is 1. The summed E-state index contributed by atoms with van der Waals surface area (Å²) in [5, 5.41) is 16.7.